The van der Waals surface area contributed by atoms with Gasteiger partial charge in [-0.15, -0.1) is 0 Å². The Morgan fingerprint density at radius 2 is 1.70 bits per heavy atom. The first-order valence-corrected chi connectivity index (χ1v) is 9.11. The molecule has 0 unspecified atom stereocenters. The molecule has 3 aromatic rings. The molecule has 0 aliphatic carbocycles. The van der Waals surface area contributed by atoms with Gasteiger partial charge in [0.15, 0.2) is 5.78 Å². The lowest BCUT2D eigenvalue weighted by molar-refractivity contribution is -0.121. The van der Waals surface area contributed by atoms with Crippen LogP contribution in [0, 0.1) is 6.92 Å². The van der Waals surface area contributed by atoms with Crippen molar-refractivity contribution in [2.24, 2.45) is 0 Å². The Balaban J connectivity index is 1.84. The van der Waals surface area contributed by atoms with Crippen molar-refractivity contribution in [3.05, 3.63) is 82.5 Å². The van der Waals surface area contributed by atoms with Gasteiger partial charge in [-0.25, -0.2) is 0 Å². The molecule has 1 N–H and O–H groups in total. The topological polar surface area (TPSA) is 51.1 Å². The highest BCUT2D eigenvalue weighted by atomic mass is 35.5. The second-order valence-electron chi connectivity index (χ2n) is 6.41. The minimum absolute atomic E-state index is 0.0140. The first kappa shape index (κ1) is 18.9. The number of hydrogen-bond acceptors (Lipinski definition) is 2. The number of amides is 1. The zero-order chi connectivity index (χ0) is 19.4. The summed E-state index contributed by atoms with van der Waals surface area (Å²) in [7, 11) is 0. The molecule has 0 aliphatic heterocycles. The number of ketones is 1. The van der Waals surface area contributed by atoms with Crippen LogP contribution in [0.15, 0.2) is 60.7 Å². The molecule has 0 atom stereocenters. The fourth-order valence-corrected chi connectivity index (χ4v) is 3.29. The molecular weight excluding hydrogens is 360 g/mol. The van der Waals surface area contributed by atoms with E-state index in [2.05, 4.69) is 5.32 Å². The van der Waals surface area contributed by atoms with Crippen LogP contribution in [0.1, 0.15) is 28.5 Å². The number of nitrogens with one attached hydrogen (secondary N) is 1. The predicted octanol–water partition coefficient (Wildman–Crippen LogP) is 4.64. The van der Waals surface area contributed by atoms with Crippen molar-refractivity contribution in [3.8, 4) is 11.3 Å². The average molecular weight is 381 g/mol. The van der Waals surface area contributed by atoms with E-state index in [0.717, 1.165) is 22.5 Å². The van der Waals surface area contributed by atoms with Crippen LogP contribution in [0.4, 0.5) is 0 Å². The second kappa shape index (κ2) is 8.23. The molecule has 2 aromatic carbocycles. The van der Waals surface area contributed by atoms with Crippen LogP contribution < -0.4 is 5.32 Å². The lowest BCUT2D eigenvalue weighted by Crippen LogP contribution is -2.28. The molecule has 1 heterocycles. The molecule has 0 spiro atoms. The number of hydrogen-bond donors (Lipinski definition) is 1. The summed E-state index contributed by atoms with van der Waals surface area (Å²) in [4.78, 5) is 24.5. The summed E-state index contributed by atoms with van der Waals surface area (Å²) in [5.41, 5.74) is 4.10. The van der Waals surface area contributed by atoms with E-state index in [1.54, 1.807) is 13.0 Å². The summed E-state index contributed by atoms with van der Waals surface area (Å²) in [5, 5.41) is 3.53. The SMILES string of the molecule is CC(=O)c1cc(-c2ccccc2)n(CC(=O)NCc2ccccc2Cl)c1C. The zero-order valence-corrected chi connectivity index (χ0v) is 16.1. The Morgan fingerprint density at radius 1 is 1.04 bits per heavy atom. The monoisotopic (exact) mass is 380 g/mol. The summed E-state index contributed by atoms with van der Waals surface area (Å²) in [6.07, 6.45) is 0. The Kier molecular flexibility index (Phi) is 5.77. The Morgan fingerprint density at radius 3 is 2.37 bits per heavy atom. The molecule has 3 rings (SSSR count). The average Bonchev–Trinajstić information content (AvgIpc) is 2.98. The number of halogens is 1. The fourth-order valence-electron chi connectivity index (χ4n) is 3.09. The molecule has 0 fully saturated rings. The normalized spacial score (nSPS) is 10.6. The number of aromatic nitrogens is 1. The molecule has 0 aliphatic rings. The molecule has 1 aromatic heterocycles. The van der Waals surface area contributed by atoms with Crippen molar-refractivity contribution in [2.75, 3.05) is 0 Å². The smallest absolute Gasteiger partial charge is 0.240 e. The van der Waals surface area contributed by atoms with Crippen LogP contribution in [-0.2, 0) is 17.9 Å². The van der Waals surface area contributed by atoms with Crippen LogP contribution in [-0.4, -0.2) is 16.3 Å². The van der Waals surface area contributed by atoms with Gasteiger partial charge in [0, 0.05) is 28.5 Å². The maximum absolute atomic E-state index is 12.6. The third-order valence-electron chi connectivity index (χ3n) is 4.55. The van der Waals surface area contributed by atoms with Gasteiger partial charge in [-0.3, -0.25) is 9.59 Å². The molecule has 0 saturated carbocycles. The van der Waals surface area contributed by atoms with Gasteiger partial charge >= 0.3 is 0 Å². The maximum Gasteiger partial charge on any atom is 0.240 e. The van der Waals surface area contributed by atoms with Gasteiger partial charge in [0.25, 0.3) is 0 Å². The minimum atomic E-state index is -0.138. The summed E-state index contributed by atoms with van der Waals surface area (Å²) in [5.74, 6) is -0.152. The van der Waals surface area contributed by atoms with Gasteiger partial charge in [0.2, 0.25) is 5.91 Å². The highest BCUT2D eigenvalue weighted by Gasteiger charge is 2.18. The van der Waals surface area contributed by atoms with E-state index in [4.69, 9.17) is 11.6 Å². The highest BCUT2D eigenvalue weighted by Crippen LogP contribution is 2.26. The largest absolute Gasteiger partial charge is 0.350 e. The van der Waals surface area contributed by atoms with E-state index >= 15 is 0 Å². The van der Waals surface area contributed by atoms with Crippen molar-refractivity contribution >= 4 is 23.3 Å². The Bertz CT molecular complexity index is 977. The van der Waals surface area contributed by atoms with Gasteiger partial charge in [0.05, 0.1) is 0 Å². The van der Waals surface area contributed by atoms with E-state index in [-0.39, 0.29) is 18.2 Å². The quantitative estimate of drug-likeness (QED) is 0.633. The number of benzene rings is 2. The van der Waals surface area contributed by atoms with E-state index in [1.807, 2.05) is 66.1 Å². The molecule has 0 saturated heterocycles. The highest BCUT2D eigenvalue weighted by molar-refractivity contribution is 6.31. The van der Waals surface area contributed by atoms with Crippen molar-refractivity contribution in [1.29, 1.82) is 0 Å². The van der Waals surface area contributed by atoms with Crippen molar-refractivity contribution < 1.29 is 9.59 Å². The van der Waals surface area contributed by atoms with Crippen LogP contribution in [0.3, 0.4) is 0 Å². The molecule has 27 heavy (non-hydrogen) atoms. The fraction of sp³-hybridized carbons (Fsp3) is 0.182. The first-order chi connectivity index (χ1) is 13.0. The Hall–Kier alpha value is -2.85. The summed E-state index contributed by atoms with van der Waals surface area (Å²) in [6.45, 7) is 3.90. The predicted molar refractivity (Wildman–Crippen MR) is 108 cm³/mol. The molecule has 0 radical (unpaired) electrons. The van der Waals surface area contributed by atoms with Crippen LogP contribution in [0.5, 0.6) is 0 Å². The second-order valence-corrected chi connectivity index (χ2v) is 6.81. The summed E-state index contributed by atoms with van der Waals surface area (Å²) in [6, 6.07) is 19.0. The van der Waals surface area contributed by atoms with E-state index in [0.29, 0.717) is 17.1 Å². The van der Waals surface area contributed by atoms with Crippen molar-refractivity contribution in [3.63, 3.8) is 0 Å². The number of carbonyl (C=O) groups excluding carboxylic acids is 2. The van der Waals surface area contributed by atoms with E-state index < -0.39 is 0 Å². The number of nitrogens with zero attached hydrogens (tertiary/aromatic N) is 1. The van der Waals surface area contributed by atoms with Crippen molar-refractivity contribution in [1.82, 2.24) is 9.88 Å². The van der Waals surface area contributed by atoms with Crippen LogP contribution >= 0.6 is 11.6 Å². The molecule has 138 valence electrons. The van der Waals surface area contributed by atoms with Gasteiger partial charge in [0.1, 0.15) is 6.54 Å². The van der Waals surface area contributed by atoms with Crippen LogP contribution in [0.2, 0.25) is 5.02 Å². The third-order valence-corrected chi connectivity index (χ3v) is 4.92. The van der Waals surface area contributed by atoms with Gasteiger partial charge in [-0.2, -0.15) is 0 Å². The number of carbonyl (C=O) groups is 2. The van der Waals surface area contributed by atoms with E-state index in [9.17, 15) is 9.59 Å². The zero-order valence-electron chi connectivity index (χ0n) is 15.3. The lowest BCUT2D eigenvalue weighted by Gasteiger charge is -2.13. The third kappa shape index (κ3) is 4.29. The molecule has 5 heteroatoms. The van der Waals surface area contributed by atoms with Crippen LogP contribution in [0.25, 0.3) is 11.3 Å². The summed E-state index contributed by atoms with van der Waals surface area (Å²) < 4.78 is 1.88. The lowest BCUT2D eigenvalue weighted by atomic mass is 10.1. The molecule has 1 amide bonds. The van der Waals surface area contributed by atoms with Gasteiger partial charge in [-0.1, -0.05) is 60.1 Å². The standard InChI is InChI=1S/C22H21ClN2O2/c1-15-19(16(2)26)12-21(17-8-4-3-5-9-17)25(15)14-22(27)24-13-18-10-6-7-11-20(18)23/h3-12H,13-14H2,1-2H3,(H,24,27). The van der Waals surface area contributed by atoms with Crippen molar-refractivity contribution in [2.45, 2.75) is 26.9 Å². The van der Waals surface area contributed by atoms with Gasteiger partial charge < -0.3 is 9.88 Å². The van der Waals surface area contributed by atoms with E-state index in [1.165, 1.54) is 0 Å². The molecular formula is C22H21ClN2O2. The summed E-state index contributed by atoms with van der Waals surface area (Å²) >= 11 is 6.14. The maximum atomic E-state index is 12.6. The molecule has 0 bridgehead atoms. The Labute approximate surface area is 163 Å². The molecule has 4 nitrogen and oxygen atoms in total. The van der Waals surface area contributed by atoms with Gasteiger partial charge in [-0.05, 0) is 37.1 Å². The first-order valence-electron chi connectivity index (χ1n) is 8.74. The number of rotatable bonds is 6. The number of Topliss-reactive ketones (excluding diaryl/α,β-unsaturated/α-hetero) is 1. The minimum Gasteiger partial charge on any atom is -0.350 e.